The van der Waals surface area contributed by atoms with Gasteiger partial charge in [-0.2, -0.15) is 0 Å². The molecule has 0 aliphatic rings. The molecule has 2 aromatic carbocycles. The van der Waals surface area contributed by atoms with Gasteiger partial charge >= 0.3 is 0 Å². The second-order valence-electron chi connectivity index (χ2n) is 6.86. The molecule has 2 aromatic heterocycles. The number of nitrogens with zero attached hydrogens (tertiary/aromatic N) is 2. The fourth-order valence-corrected chi connectivity index (χ4v) is 4.41. The fraction of sp³-hybridized carbons (Fsp3) is 0.217. The second kappa shape index (κ2) is 9.79. The zero-order valence-corrected chi connectivity index (χ0v) is 19.2. The smallest absolute Gasteiger partial charge is 0.218 e. The van der Waals surface area contributed by atoms with E-state index in [-0.39, 0.29) is 6.04 Å². The van der Waals surface area contributed by atoms with Crippen LogP contribution in [0.5, 0.6) is 5.88 Å². The first-order valence-corrected chi connectivity index (χ1v) is 12.1. The molecule has 0 radical (unpaired) electrons. The van der Waals surface area contributed by atoms with Crippen molar-refractivity contribution in [3.8, 4) is 5.88 Å². The third kappa shape index (κ3) is 4.95. The monoisotopic (exact) mass is 455 g/mol. The molecule has 4 nitrogen and oxygen atoms in total. The van der Waals surface area contributed by atoms with E-state index in [1.165, 1.54) is 4.90 Å². The highest BCUT2D eigenvalue weighted by atomic mass is 35.5. The third-order valence-corrected chi connectivity index (χ3v) is 6.86. The Bertz CT molecular complexity index is 1130. The minimum atomic E-state index is 0.149. The molecule has 0 saturated carbocycles. The van der Waals surface area contributed by atoms with Gasteiger partial charge in [0.1, 0.15) is 11.6 Å². The molecule has 30 heavy (non-hydrogen) atoms. The van der Waals surface area contributed by atoms with Crippen molar-refractivity contribution < 1.29 is 4.74 Å². The molecule has 4 aromatic rings. The Kier molecular flexibility index (Phi) is 6.89. The third-order valence-electron chi connectivity index (χ3n) is 4.81. The number of rotatable bonds is 8. The topological polar surface area (TPSA) is 47.0 Å². The van der Waals surface area contributed by atoms with Crippen LogP contribution < -0.4 is 10.1 Å². The summed E-state index contributed by atoms with van der Waals surface area (Å²) in [5.74, 6) is 0.625. The van der Waals surface area contributed by atoms with Crippen molar-refractivity contribution in [3.63, 3.8) is 0 Å². The largest absolute Gasteiger partial charge is 0.472 e. The van der Waals surface area contributed by atoms with E-state index in [0.717, 1.165) is 27.0 Å². The van der Waals surface area contributed by atoms with Gasteiger partial charge in [-0.3, -0.25) is 0 Å². The lowest BCUT2D eigenvalue weighted by Crippen LogP contribution is -2.18. The first kappa shape index (κ1) is 21.1. The van der Waals surface area contributed by atoms with Crippen molar-refractivity contribution >= 4 is 45.6 Å². The molecule has 1 atom stereocenters. The first-order valence-electron chi connectivity index (χ1n) is 9.60. The van der Waals surface area contributed by atoms with Crippen LogP contribution in [0.15, 0.2) is 65.0 Å². The van der Waals surface area contributed by atoms with Crippen LogP contribution in [-0.4, -0.2) is 16.2 Å². The van der Waals surface area contributed by atoms with Gasteiger partial charge in [-0.1, -0.05) is 35.9 Å². The average molecular weight is 456 g/mol. The van der Waals surface area contributed by atoms with Gasteiger partial charge in [-0.25, -0.2) is 9.97 Å². The predicted octanol–water partition coefficient (Wildman–Crippen LogP) is 6.50. The van der Waals surface area contributed by atoms with Crippen LogP contribution in [0, 0.1) is 0 Å². The van der Waals surface area contributed by atoms with Crippen LogP contribution in [0.3, 0.4) is 0 Å². The molecule has 154 valence electrons. The first-order chi connectivity index (χ1) is 14.6. The Labute approximate surface area is 189 Å². The van der Waals surface area contributed by atoms with Gasteiger partial charge < -0.3 is 10.1 Å². The molecule has 1 unspecified atom stereocenters. The zero-order valence-electron chi connectivity index (χ0n) is 16.8. The average Bonchev–Trinajstić information content (AvgIpc) is 3.31. The van der Waals surface area contributed by atoms with Crippen LogP contribution in [0.1, 0.15) is 29.1 Å². The second-order valence-corrected chi connectivity index (χ2v) is 9.08. The SMILES string of the molecule is CSc1ccc2cc(CNC(C)c3nccs3)c(OCc3ccccc3Cl)nc2c1. The van der Waals surface area contributed by atoms with Crippen LogP contribution >= 0.6 is 34.7 Å². The zero-order chi connectivity index (χ0) is 20.9. The Morgan fingerprint density at radius 1 is 1.17 bits per heavy atom. The summed E-state index contributed by atoms with van der Waals surface area (Å²) in [6, 6.07) is 16.3. The Hall–Kier alpha value is -2.12. The lowest BCUT2D eigenvalue weighted by Gasteiger charge is -2.16. The van der Waals surface area contributed by atoms with Crippen molar-refractivity contribution in [2.75, 3.05) is 6.26 Å². The molecular weight excluding hydrogens is 434 g/mol. The number of fused-ring (bicyclic) bond motifs is 1. The summed E-state index contributed by atoms with van der Waals surface area (Å²) in [5, 5.41) is 8.38. The van der Waals surface area contributed by atoms with Crippen LogP contribution in [0.4, 0.5) is 0 Å². The summed E-state index contributed by atoms with van der Waals surface area (Å²) in [7, 11) is 0. The number of pyridine rings is 1. The van der Waals surface area contributed by atoms with Gasteiger partial charge in [0, 0.05) is 44.6 Å². The summed E-state index contributed by atoms with van der Waals surface area (Å²) in [4.78, 5) is 10.4. The molecule has 0 fully saturated rings. The number of hydrogen-bond donors (Lipinski definition) is 1. The fourth-order valence-electron chi connectivity index (χ4n) is 3.11. The number of ether oxygens (including phenoxy) is 1. The molecule has 0 amide bonds. The standard InChI is InChI=1S/C23H22ClN3OS2/c1-15(23-25-9-10-30-23)26-13-18-11-16-7-8-19(29-2)12-21(16)27-22(18)28-14-17-5-3-4-6-20(17)24/h3-12,15,26H,13-14H2,1-2H3. The Balaban J connectivity index is 1.61. The lowest BCUT2D eigenvalue weighted by molar-refractivity contribution is 0.290. The molecule has 0 bridgehead atoms. The van der Waals surface area contributed by atoms with E-state index in [9.17, 15) is 0 Å². The van der Waals surface area contributed by atoms with Crippen molar-refractivity contribution in [1.82, 2.24) is 15.3 Å². The Morgan fingerprint density at radius 2 is 2.03 bits per heavy atom. The van der Waals surface area contributed by atoms with Gasteiger partial charge in [0.2, 0.25) is 5.88 Å². The van der Waals surface area contributed by atoms with Gasteiger partial charge in [-0.15, -0.1) is 23.1 Å². The normalized spacial score (nSPS) is 12.2. The van der Waals surface area contributed by atoms with E-state index in [2.05, 4.69) is 47.7 Å². The molecule has 0 saturated heterocycles. The molecule has 0 aliphatic carbocycles. The minimum absolute atomic E-state index is 0.149. The minimum Gasteiger partial charge on any atom is -0.472 e. The summed E-state index contributed by atoms with van der Waals surface area (Å²) in [6.07, 6.45) is 3.89. The van der Waals surface area contributed by atoms with E-state index >= 15 is 0 Å². The number of halogens is 1. The van der Waals surface area contributed by atoms with E-state index in [1.807, 2.05) is 35.8 Å². The number of benzene rings is 2. The van der Waals surface area contributed by atoms with E-state index in [0.29, 0.717) is 24.1 Å². The molecule has 4 rings (SSSR count). The van der Waals surface area contributed by atoms with Crippen LogP contribution in [-0.2, 0) is 13.2 Å². The number of nitrogens with one attached hydrogen (secondary N) is 1. The maximum absolute atomic E-state index is 6.30. The van der Waals surface area contributed by atoms with Crippen LogP contribution in [0.2, 0.25) is 5.02 Å². The van der Waals surface area contributed by atoms with Gasteiger partial charge in [0.05, 0.1) is 11.6 Å². The molecule has 7 heteroatoms. The highest BCUT2D eigenvalue weighted by molar-refractivity contribution is 7.98. The van der Waals surface area contributed by atoms with E-state index in [1.54, 1.807) is 23.1 Å². The van der Waals surface area contributed by atoms with E-state index < -0.39 is 0 Å². The summed E-state index contributed by atoms with van der Waals surface area (Å²) < 4.78 is 6.15. The summed E-state index contributed by atoms with van der Waals surface area (Å²) >= 11 is 9.65. The number of thioether (sulfide) groups is 1. The summed E-state index contributed by atoms with van der Waals surface area (Å²) in [5.41, 5.74) is 2.87. The van der Waals surface area contributed by atoms with Crippen LogP contribution in [0.25, 0.3) is 10.9 Å². The molecule has 1 N–H and O–H groups in total. The van der Waals surface area contributed by atoms with Crippen molar-refractivity contribution in [2.24, 2.45) is 0 Å². The molecule has 2 heterocycles. The molecule has 0 spiro atoms. The molecular formula is C23H22ClN3OS2. The predicted molar refractivity (Wildman–Crippen MR) is 127 cm³/mol. The quantitative estimate of drug-likeness (QED) is 0.307. The highest BCUT2D eigenvalue weighted by Gasteiger charge is 2.13. The number of thiazole rings is 1. The number of hydrogen-bond acceptors (Lipinski definition) is 6. The van der Waals surface area contributed by atoms with Crippen molar-refractivity contribution in [2.45, 2.75) is 31.0 Å². The van der Waals surface area contributed by atoms with Crippen molar-refractivity contribution in [1.29, 1.82) is 0 Å². The van der Waals surface area contributed by atoms with Crippen molar-refractivity contribution in [3.05, 3.63) is 81.3 Å². The Morgan fingerprint density at radius 3 is 2.80 bits per heavy atom. The maximum atomic E-state index is 6.30. The van der Waals surface area contributed by atoms with Gasteiger partial charge in [-0.05, 0) is 37.4 Å². The maximum Gasteiger partial charge on any atom is 0.218 e. The summed E-state index contributed by atoms with van der Waals surface area (Å²) in [6.45, 7) is 3.11. The van der Waals surface area contributed by atoms with E-state index in [4.69, 9.17) is 21.3 Å². The lowest BCUT2D eigenvalue weighted by atomic mass is 10.1. The van der Waals surface area contributed by atoms with Gasteiger partial charge in [0.25, 0.3) is 0 Å². The van der Waals surface area contributed by atoms with Gasteiger partial charge in [0.15, 0.2) is 0 Å². The molecule has 0 aliphatic heterocycles. The highest BCUT2D eigenvalue weighted by Crippen LogP contribution is 2.28. The number of aromatic nitrogens is 2.